The molecule has 1 amide bonds. The van der Waals surface area contributed by atoms with Crippen LogP contribution in [0.25, 0.3) is 10.1 Å². The number of benzene rings is 2. The second-order valence-electron chi connectivity index (χ2n) is 8.98. The fourth-order valence-electron chi connectivity index (χ4n) is 3.82. The van der Waals surface area contributed by atoms with Gasteiger partial charge in [0.2, 0.25) is 5.91 Å². The van der Waals surface area contributed by atoms with Gasteiger partial charge in [-0.25, -0.2) is 4.79 Å². The molecule has 4 rings (SSSR count). The summed E-state index contributed by atoms with van der Waals surface area (Å²) in [6.07, 6.45) is 0.793. The largest absolute Gasteiger partial charge is 0.462 e. The number of hydrogen-bond acceptors (Lipinski definition) is 4. The highest BCUT2D eigenvalue weighted by atomic mass is 35.5. The lowest BCUT2D eigenvalue weighted by atomic mass is 9.87. The number of anilines is 1. The van der Waals surface area contributed by atoms with E-state index >= 15 is 0 Å². The van der Waals surface area contributed by atoms with E-state index in [1.54, 1.807) is 6.92 Å². The zero-order chi connectivity index (χ0) is 22.3. The molecule has 1 aliphatic rings. The molecule has 2 aromatic carbocycles. The van der Waals surface area contributed by atoms with E-state index in [1.807, 2.05) is 36.4 Å². The van der Waals surface area contributed by atoms with Crippen molar-refractivity contribution in [3.05, 3.63) is 64.2 Å². The van der Waals surface area contributed by atoms with E-state index in [1.165, 1.54) is 16.9 Å². The summed E-state index contributed by atoms with van der Waals surface area (Å²) in [5.41, 5.74) is 2.73. The van der Waals surface area contributed by atoms with Crippen LogP contribution in [-0.4, -0.2) is 18.5 Å². The van der Waals surface area contributed by atoms with E-state index in [0.717, 1.165) is 22.1 Å². The highest BCUT2D eigenvalue weighted by Crippen LogP contribution is 2.49. The summed E-state index contributed by atoms with van der Waals surface area (Å²) in [7, 11) is 0. The molecule has 31 heavy (non-hydrogen) atoms. The maximum absolute atomic E-state index is 13.0. The summed E-state index contributed by atoms with van der Waals surface area (Å²) in [6, 6.07) is 13.7. The Bertz CT molecular complexity index is 1140. The maximum atomic E-state index is 13.0. The Kier molecular flexibility index (Phi) is 5.84. The molecular formula is C25H26ClNO3S. The first-order valence-electron chi connectivity index (χ1n) is 10.5. The molecule has 6 heteroatoms. The zero-order valence-electron chi connectivity index (χ0n) is 18.1. The second-order valence-corrected chi connectivity index (χ2v) is 10.5. The number of rotatable bonds is 5. The molecule has 1 heterocycles. The number of halogens is 1. The van der Waals surface area contributed by atoms with Crippen molar-refractivity contribution in [3.63, 3.8) is 0 Å². The predicted molar refractivity (Wildman–Crippen MR) is 127 cm³/mol. The Morgan fingerprint density at radius 3 is 2.52 bits per heavy atom. The molecule has 0 unspecified atom stereocenters. The molecule has 1 N–H and O–H groups in total. The molecule has 0 bridgehead atoms. The van der Waals surface area contributed by atoms with Crippen molar-refractivity contribution in [2.75, 3.05) is 11.9 Å². The first-order chi connectivity index (χ1) is 14.7. The standard InChI is InChI=1S/C25H26ClNO3S/c1-5-30-24(29)21-17-11-8-15(25(2,3)4)12-20(17)31-23(21)27-22(28)19-13-18(19)14-6-9-16(26)10-7-14/h6-12,18-19H,5,13H2,1-4H3,(H,27,28)/t18-,19-/m1/s1. The van der Waals surface area contributed by atoms with Gasteiger partial charge in [0.25, 0.3) is 0 Å². The van der Waals surface area contributed by atoms with Crippen LogP contribution in [0.15, 0.2) is 42.5 Å². The molecule has 0 saturated heterocycles. The van der Waals surface area contributed by atoms with Crippen LogP contribution in [0.1, 0.15) is 61.5 Å². The van der Waals surface area contributed by atoms with Gasteiger partial charge in [-0.3, -0.25) is 4.79 Å². The molecule has 0 aliphatic heterocycles. The van der Waals surface area contributed by atoms with E-state index < -0.39 is 5.97 Å². The molecular weight excluding hydrogens is 430 g/mol. The lowest BCUT2D eigenvalue weighted by Gasteiger charge is -2.18. The van der Waals surface area contributed by atoms with Crippen LogP contribution in [0.3, 0.4) is 0 Å². The number of fused-ring (bicyclic) bond motifs is 1. The summed E-state index contributed by atoms with van der Waals surface area (Å²) in [6.45, 7) is 8.52. The van der Waals surface area contributed by atoms with Gasteiger partial charge in [0.15, 0.2) is 0 Å². The number of thiophene rings is 1. The molecule has 0 spiro atoms. The van der Waals surface area contributed by atoms with Gasteiger partial charge < -0.3 is 10.1 Å². The van der Waals surface area contributed by atoms with Crippen molar-refractivity contribution in [3.8, 4) is 0 Å². The average Bonchev–Trinajstić information content (AvgIpc) is 3.42. The summed E-state index contributed by atoms with van der Waals surface area (Å²) in [4.78, 5) is 25.7. The van der Waals surface area contributed by atoms with E-state index in [2.05, 4.69) is 32.2 Å². The maximum Gasteiger partial charge on any atom is 0.341 e. The normalized spacial score (nSPS) is 18.1. The van der Waals surface area contributed by atoms with Crippen molar-refractivity contribution in [1.82, 2.24) is 0 Å². The average molecular weight is 456 g/mol. The number of amides is 1. The summed E-state index contributed by atoms with van der Waals surface area (Å²) in [5, 5.41) is 5.09. The van der Waals surface area contributed by atoms with Crippen molar-refractivity contribution in [2.45, 2.75) is 45.4 Å². The van der Waals surface area contributed by atoms with E-state index in [-0.39, 0.29) is 29.8 Å². The summed E-state index contributed by atoms with van der Waals surface area (Å²) >= 11 is 7.40. The van der Waals surface area contributed by atoms with Crippen molar-refractivity contribution in [2.24, 2.45) is 5.92 Å². The molecule has 1 aromatic heterocycles. The van der Waals surface area contributed by atoms with Gasteiger partial charge in [0.1, 0.15) is 10.6 Å². The van der Waals surface area contributed by atoms with Crippen molar-refractivity contribution < 1.29 is 14.3 Å². The van der Waals surface area contributed by atoms with Crippen LogP contribution in [-0.2, 0) is 14.9 Å². The third-order valence-corrected chi connectivity index (χ3v) is 7.02. The number of nitrogens with one attached hydrogen (secondary N) is 1. The quantitative estimate of drug-likeness (QED) is 0.432. The number of hydrogen-bond donors (Lipinski definition) is 1. The van der Waals surface area contributed by atoms with Gasteiger partial charge in [0.05, 0.1) is 6.61 Å². The van der Waals surface area contributed by atoms with Crippen LogP contribution in [0.5, 0.6) is 0 Å². The Morgan fingerprint density at radius 1 is 1.16 bits per heavy atom. The van der Waals surface area contributed by atoms with Crippen LogP contribution in [0.2, 0.25) is 5.02 Å². The topological polar surface area (TPSA) is 55.4 Å². The van der Waals surface area contributed by atoms with Crippen LogP contribution in [0, 0.1) is 5.92 Å². The number of carbonyl (C=O) groups is 2. The number of ether oxygens (including phenoxy) is 1. The minimum Gasteiger partial charge on any atom is -0.462 e. The molecule has 1 fully saturated rings. The molecule has 1 aliphatic carbocycles. The van der Waals surface area contributed by atoms with Gasteiger partial charge >= 0.3 is 5.97 Å². The fourth-order valence-corrected chi connectivity index (χ4v) is 5.08. The first kappa shape index (κ1) is 21.8. The Hall–Kier alpha value is -2.37. The van der Waals surface area contributed by atoms with Gasteiger partial charge in [-0.15, -0.1) is 11.3 Å². The highest BCUT2D eigenvalue weighted by molar-refractivity contribution is 7.23. The minimum absolute atomic E-state index is 0.00844. The molecule has 3 aromatic rings. The SMILES string of the molecule is CCOC(=O)c1c(NC(=O)[C@@H]2C[C@@H]2c2ccc(Cl)cc2)sc2cc(C(C)(C)C)ccc12. The van der Waals surface area contributed by atoms with Crippen LogP contribution in [0.4, 0.5) is 5.00 Å². The summed E-state index contributed by atoms with van der Waals surface area (Å²) in [5.74, 6) is -0.387. The second kappa shape index (κ2) is 8.29. The Balaban J connectivity index is 1.62. The highest BCUT2D eigenvalue weighted by Gasteiger charge is 2.44. The molecule has 2 atom stereocenters. The van der Waals surface area contributed by atoms with Crippen LogP contribution < -0.4 is 5.32 Å². The monoisotopic (exact) mass is 455 g/mol. The predicted octanol–water partition coefficient (Wildman–Crippen LogP) is 6.77. The minimum atomic E-state index is -0.405. The van der Waals surface area contributed by atoms with Gasteiger partial charge in [-0.05, 0) is 54.0 Å². The molecule has 4 nitrogen and oxygen atoms in total. The fraction of sp³-hybridized carbons (Fsp3) is 0.360. The third kappa shape index (κ3) is 4.48. The zero-order valence-corrected chi connectivity index (χ0v) is 19.7. The van der Waals surface area contributed by atoms with Gasteiger partial charge in [-0.1, -0.05) is 56.6 Å². The lowest BCUT2D eigenvalue weighted by molar-refractivity contribution is -0.117. The number of carbonyl (C=O) groups excluding carboxylic acids is 2. The molecule has 0 radical (unpaired) electrons. The molecule has 162 valence electrons. The van der Waals surface area contributed by atoms with E-state index in [0.29, 0.717) is 15.6 Å². The first-order valence-corrected chi connectivity index (χ1v) is 11.7. The lowest BCUT2D eigenvalue weighted by Crippen LogP contribution is -2.16. The Labute approximate surface area is 191 Å². The summed E-state index contributed by atoms with van der Waals surface area (Å²) < 4.78 is 6.26. The third-order valence-electron chi connectivity index (χ3n) is 5.70. The van der Waals surface area contributed by atoms with Gasteiger partial charge in [0, 0.05) is 21.0 Å². The molecule has 1 saturated carbocycles. The van der Waals surface area contributed by atoms with Crippen molar-refractivity contribution in [1.29, 1.82) is 0 Å². The van der Waals surface area contributed by atoms with Crippen molar-refractivity contribution >= 4 is 49.9 Å². The van der Waals surface area contributed by atoms with Crippen LogP contribution >= 0.6 is 22.9 Å². The number of esters is 1. The van der Waals surface area contributed by atoms with E-state index in [9.17, 15) is 9.59 Å². The smallest absolute Gasteiger partial charge is 0.341 e. The Morgan fingerprint density at radius 2 is 1.87 bits per heavy atom. The van der Waals surface area contributed by atoms with Gasteiger partial charge in [-0.2, -0.15) is 0 Å². The van der Waals surface area contributed by atoms with E-state index in [4.69, 9.17) is 16.3 Å².